The van der Waals surface area contributed by atoms with Crippen LogP contribution in [0.25, 0.3) is 0 Å². The Hall–Kier alpha value is -2.20. The van der Waals surface area contributed by atoms with E-state index in [9.17, 15) is 5.21 Å². The van der Waals surface area contributed by atoms with Crippen molar-refractivity contribution in [2.45, 2.75) is 39.0 Å². The van der Waals surface area contributed by atoms with E-state index in [0.717, 1.165) is 28.6 Å². The first kappa shape index (κ1) is 18.6. The molecule has 0 fully saturated rings. The summed E-state index contributed by atoms with van der Waals surface area (Å²) < 4.78 is 1.06. The largest absolute Gasteiger partial charge is 0.411 e. The van der Waals surface area contributed by atoms with E-state index < -0.39 is 0 Å². The molecule has 1 aromatic heterocycles. The van der Waals surface area contributed by atoms with Crippen LogP contribution in [-0.2, 0) is 0 Å². The molecule has 0 saturated carbocycles. The third-order valence-corrected chi connectivity index (χ3v) is 5.40. The number of aromatic nitrogens is 1. The molecule has 0 radical (unpaired) electrons. The van der Waals surface area contributed by atoms with E-state index in [1.807, 2.05) is 19.1 Å². The van der Waals surface area contributed by atoms with E-state index in [1.165, 1.54) is 16.7 Å². The molecule has 0 amide bonds. The van der Waals surface area contributed by atoms with Crippen LogP contribution in [0.1, 0.15) is 48.9 Å². The summed E-state index contributed by atoms with van der Waals surface area (Å²) >= 11 is 3.51. The smallest absolute Gasteiger partial charge is 0.0878 e. The maximum Gasteiger partial charge on any atom is 0.0878 e. The fourth-order valence-corrected chi connectivity index (χ4v) is 3.71. The average molecular weight is 411 g/mol. The molecule has 1 N–H and O–H groups in total. The summed E-state index contributed by atoms with van der Waals surface area (Å²) in [6.07, 6.45) is 9.04. The number of allylic oxidation sites excluding steroid dienone is 4. The van der Waals surface area contributed by atoms with Crippen LogP contribution < -0.4 is 0 Å². The van der Waals surface area contributed by atoms with Gasteiger partial charge in [-0.2, -0.15) is 0 Å². The molecule has 1 aliphatic rings. The van der Waals surface area contributed by atoms with Crippen molar-refractivity contribution in [3.8, 4) is 0 Å². The first-order valence-corrected chi connectivity index (χ1v) is 9.63. The van der Waals surface area contributed by atoms with Gasteiger partial charge >= 0.3 is 0 Å². The summed E-state index contributed by atoms with van der Waals surface area (Å²) in [5, 5.41) is 13.3. The van der Waals surface area contributed by atoms with Crippen molar-refractivity contribution in [2.24, 2.45) is 5.16 Å². The molecule has 4 heteroatoms. The normalized spacial score (nSPS) is 16.0. The molecule has 1 unspecified atom stereocenters. The Kier molecular flexibility index (Phi) is 6.04. The van der Waals surface area contributed by atoms with Gasteiger partial charge in [-0.25, -0.2) is 0 Å². The fraction of sp³-hybridized carbons (Fsp3) is 0.273. The minimum Gasteiger partial charge on any atom is -0.411 e. The zero-order valence-corrected chi connectivity index (χ0v) is 16.7. The highest BCUT2D eigenvalue weighted by Gasteiger charge is 2.22. The summed E-state index contributed by atoms with van der Waals surface area (Å²) in [7, 11) is 0. The van der Waals surface area contributed by atoms with E-state index in [4.69, 9.17) is 0 Å². The molecule has 26 heavy (non-hydrogen) atoms. The number of aryl methyl sites for hydroxylation is 1. The van der Waals surface area contributed by atoms with Gasteiger partial charge in [-0.3, -0.25) is 4.98 Å². The van der Waals surface area contributed by atoms with Crippen LogP contribution in [-0.4, -0.2) is 15.9 Å². The minimum absolute atomic E-state index is 0.152. The number of nitrogens with zero attached hydrogens (tertiary/aromatic N) is 2. The van der Waals surface area contributed by atoms with Crippen molar-refractivity contribution < 1.29 is 5.21 Å². The highest BCUT2D eigenvalue weighted by Crippen LogP contribution is 2.36. The fourth-order valence-electron chi connectivity index (χ4n) is 3.45. The first-order chi connectivity index (χ1) is 12.6. The van der Waals surface area contributed by atoms with Crippen LogP contribution in [0.2, 0.25) is 0 Å². The topological polar surface area (TPSA) is 45.5 Å². The maximum absolute atomic E-state index is 9.70. The van der Waals surface area contributed by atoms with Gasteiger partial charge in [0.05, 0.1) is 5.71 Å². The standard InChI is InChI=1S/C22H23BrN2O/c1-15-5-3-4-6-20(15)21(17-7-9-19(23)10-8-17)14-22(25-26)18-11-12-24-16(2)13-18/h4,6-13,21,26H,3,5,14H2,1-2H3/b25-22+. The third-order valence-electron chi connectivity index (χ3n) is 4.87. The van der Waals surface area contributed by atoms with Crippen LogP contribution in [0.5, 0.6) is 0 Å². The molecular formula is C22H23BrN2O. The molecule has 1 aromatic carbocycles. The Morgan fingerprint density at radius 2 is 2.00 bits per heavy atom. The van der Waals surface area contributed by atoms with Gasteiger partial charge in [0.25, 0.3) is 0 Å². The molecule has 0 aliphatic heterocycles. The highest BCUT2D eigenvalue weighted by atomic mass is 79.9. The van der Waals surface area contributed by atoms with E-state index in [1.54, 1.807) is 6.20 Å². The van der Waals surface area contributed by atoms with E-state index >= 15 is 0 Å². The number of halogens is 1. The molecule has 1 atom stereocenters. The molecule has 1 aliphatic carbocycles. The highest BCUT2D eigenvalue weighted by molar-refractivity contribution is 9.10. The first-order valence-electron chi connectivity index (χ1n) is 8.84. The minimum atomic E-state index is 0.152. The van der Waals surface area contributed by atoms with Crippen molar-refractivity contribution in [1.29, 1.82) is 0 Å². The van der Waals surface area contributed by atoms with Crippen LogP contribution in [0.15, 0.2) is 75.5 Å². The van der Waals surface area contributed by atoms with Gasteiger partial charge in [0.15, 0.2) is 0 Å². The maximum atomic E-state index is 9.70. The zero-order chi connectivity index (χ0) is 18.5. The lowest BCUT2D eigenvalue weighted by atomic mass is 9.80. The van der Waals surface area contributed by atoms with Gasteiger partial charge < -0.3 is 5.21 Å². The Morgan fingerprint density at radius 1 is 1.23 bits per heavy atom. The van der Waals surface area contributed by atoms with Crippen LogP contribution in [0.3, 0.4) is 0 Å². The summed E-state index contributed by atoms with van der Waals surface area (Å²) in [5.74, 6) is 0.152. The van der Waals surface area contributed by atoms with E-state index in [0.29, 0.717) is 12.1 Å². The molecular weight excluding hydrogens is 388 g/mol. The monoisotopic (exact) mass is 410 g/mol. The molecule has 1 heterocycles. The number of hydrogen-bond acceptors (Lipinski definition) is 3. The molecule has 134 valence electrons. The van der Waals surface area contributed by atoms with E-state index in [-0.39, 0.29) is 5.92 Å². The number of oxime groups is 1. The third kappa shape index (κ3) is 4.31. The molecule has 3 nitrogen and oxygen atoms in total. The molecule has 3 rings (SSSR count). The van der Waals surface area contributed by atoms with Gasteiger partial charge in [-0.05, 0) is 62.1 Å². The summed E-state index contributed by atoms with van der Waals surface area (Å²) in [5.41, 5.74) is 6.47. The Labute approximate surface area is 163 Å². The number of pyridine rings is 1. The van der Waals surface area contributed by atoms with Gasteiger partial charge in [0.1, 0.15) is 0 Å². The van der Waals surface area contributed by atoms with E-state index in [2.05, 4.69) is 69.4 Å². The summed E-state index contributed by atoms with van der Waals surface area (Å²) in [6, 6.07) is 12.3. The quantitative estimate of drug-likeness (QED) is 0.363. The lowest BCUT2D eigenvalue weighted by Crippen LogP contribution is -2.13. The second-order valence-corrected chi connectivity index (χ2v) is 7.63. The summed E-state index contributed by atoms with van der Waals surface area (Å²) in [4.78, 5) is 4.24. The van der Waals surface area contributed by atoms with Gasteiger partial charge in [-0.15, -0.1) is 0 Å². The van der Waals surface area contributed by atoms with Crippen molar-refractivity contribution in [3.63, 3.8) is 0 Å². The predicted octanol–water partition coefficient (Wildman–Crippen LogP) is 6.17. The Bertz CT molecular complexity index is 866. The Morgan fingerprint density at radius 3 is 2.65 bits per heavy atom. The summed E-state index contributed by atoms with van der Waals surface area (Å²) in [6.45, 7) is 4.15. The number of rotatable bonds is 5. The SMILES string of the molecule is CC1=C(C(C/C(=N\O)c2ccnc(C)c2)c2ccc(Br)cc2)C=CCC1. The predicted molar refractivity (Wildman–Crippen MR) is 110 cm³/mol. The lowest BCUT2D eigenvalue weighted by Gasteiger charge is -2.24. The zero-order valence-electron chi connectivity index (χ0n) is 15.1. The average Bonchev–Trinajstić information content (AvgIpc) is 2.65. The van der Waals surface area contributed by atoms with Crippen LogP contribution >= 0.6 is 15.9 Å². The van der Waals surface area contributed by atoms with Gasteiger partial charge in [0, 0.05) is 34.3 Å². The number of benzene rings is 1. The van der Waals surface area contributed by atoms with Crippen LogP contribution in [0.4, 0.5) is 0 Å². The molecule has 0 saturated heterocycles. The van der Waals surface area contributed by atoms with Crippen molar-refractivity contribution in [1.82, 2.24) is 4.98 Å². The second-order valence-electron chi connectivity index (χ2n) is 6.72. The van der Waals surface area contributed by atoms with Gasteiger partial charge in [-0.1, -0.05) is 50.9 Å². The van der Waals surface area contributed by atoms with Crippen molar-refractivity contribution in [2.75, 3.05) is 0 Å². The lowest BCUT2D eigenvalue weighted by molar-refractivity contribution is 0.317. The molecule has 0 bridgehead atoms. The second kappa shape index (κ2) is 8.45. The van der Waals surface area contributed by atoms with Crippen molar-refractivity contribution in [3.05, 3.63) is 87.2 Å². The molecule has 2 aromatic rings. The van der Waals surface area contributed by atoms with Gasteiger partial charge in [0.2, 0.25) is 0 Å². The Balaban J connectivity index is 2.00. The number of hydrogen-bond donors (Lipinski definition) is 1. The van der Waals surface area contributed by atoms with Crippen molar-refractivity contribution >= 4 is 21.6 Å². The molecule has 0 spiro atoms. The van der Waals surface area contributed by atoms with Crippen LogP contribution in [0, 0.1) is 6.92 Å².